The number of nitrogens with zero attached hydrogens (tertiary/aromatic N) is 2. The Hall–Kier alpha value is -3.88. The molecule has 2 heterocycles. The molecule has 0 spiro atoms. The van der Waals surface area contributed by atoms with Crippen LogP contribution < -0.4 is 5.32 Å². The average Bonchev–Trinajstić information content (AvgIpc) is 2.83. The molecule has 0 aromatic heterocycles. The third-order valence-corrected chi connectivity index (χ3v) is 5.03. The first-order valence-electron chi connectivity index (χ1n) is 8.96. The Morgan fingerprint density at radius 3 is 2.66 bits per heavy atom. The van der Waals surface area contributed by atoms with Gasteiger partial charge in [-0.2, -0.15) is 0 Å². The number of nitrogens with one attached hydrogen (secondary N) is 1. The van der Waals surface area contributed by atoms with Gasteiger partial charge in [-0.05, 0) is 42.7 Å². The fraction of sp³-hybridized carbons (Fsp3) is 0.200. The summed E-state index contributed by atoms with van der Waals surface area (Å²) in [6, 6.07) is 8.60. The maximum atomic E-state index is 12.7. The van der Waals surface area contributed by atoms with Crippen LogP contribution in [0.5, 0.6) is 0 Å². The molecule has 0 atom stereocenters. The van der Waals surface area contributed by atoms with Gasteiger partial charge in [0.05, 0.1) is 17.0 Å². The lowest BCUT2D eigenvalue weighted by Gasteiger charge is -2.14. The summed E-state index contributed by atoms with van der Waals surface area (Å²) in [7, 11) is 0. The number of fused-ring (bicyclic) bond motifs is 2. The summed E-state index contributed by atoms with van der Waals surface area (Å²) in [5, 5.41) is 13.9. The van der Waals surface area contributed by atoms with E-state index in [1.165, 1.54) is 18.2 Å². The largest absolute Gasteiger partial charge is 0.326 e. The number of ketones is 1. The van der Waals surface area contributed by atoms with E-state index >= 15 is 0 Å². The molecule has 3 amide bonds. The highest BCUT2D eigenvalue weighted by atomic mass is 16.6. The second kappa shape index (κ2) is 6.93. The number of Topliss-reactive ketones (excluding diaryl/α,β-unsaturated/α-hetero) is 1. The minimum absolute atomic E-state index is 0.0818. The van der Waals surface area contributed by atoms with Gasteiger partial charge in [0, 0.05) is 23.7 Å². The minimum atomic E-state index is -0.854. The van der Waals surface area contributed by atoms with Gasteiger partial charge in [0.25, 0.3) is 17.5 Å². The van der Waals surface area contributed by atoms with Gasteiger partial charge in [-0.3, -0.25) is 34.2 Å². The van der Waals surface area contributed by atoms with E-state index in [0.29, 0.717) is 30.5 Å². The number of benzene rings is 2. The molecule has 0 saturated carbocycles. The number of nitro groups is 1. The van der Waals surface area contributed by atoms with Crippen molar-refractivity contribution in [2.24, 2.45) is 0 Å². The molecule has 9 heteroatoms. The first-order chi connectivity index (χ1) is 13.9. The van der Waals surface area contributed by atoms with E-state index in [4.69, 9.17) is 0 Å². The van der Waals surface area contributed by atoms with Gasteiger partial charge in [-0.1, -0.05) is 6.07 Å². The van der Waals surface area contributed by atoms with Crippen molar-refractivity contribution in [2.45, 2.75) is 19.3 Å². The van der Waals surface area contributed by atoms with Crippen molar-refractivity contribution in [1.82, 2.24) is 4.90 Å². The van der Waals surface area contributed by atoms with Crippen molar-refractivity contribution in [3.63, 3.8) is 0 Å². The summed E-state index contributed by atoms with van der Waals surface area (Å²) in [4.78, 5) is 60.7. The summed E-state index contributed by atoms with van der Waals surface area (Å²) in [5.74, 6) is -2.15. The molecule has 0 saturated heterocycles. The average molecular weight is 393 g/mol. The SMILES string of the molecule is O=C1CCCc2cc(C(=O)CN3C(=O)c4cccc([N+](=O)[O-])c4C3=O)ccc2N1. The molecule has 9 nitrogen and oxygen atoms in total. The van der Waals surface area contributed by atoms with Crippen molar-refractivity contribution in [3.8, 4) is 0 Å². The maximum Gasteiger partial charge on any atom is 0.282 e. The Labute approximate surface area is 164 Å². The number of nitro benzene ring substituents is 1. The zero-order valence-corrected chi connectivity index (χ0v) is 15.1. The lowest BCUT2D eigenvalue weighted by molar-refractivity contribution is -0.385. The highest BCUT2D eigenvalue weighted by Gasteiger charge is 2.41. The van der Waals surface area contributed by atoms with Crippen molar-refractivity contribution >= 4 is 34.9 Å². The Morgan fingerprint density at radius 2 is 1.90 bits per heavy atom. The van der Waals surface area contributed by atoms with Crippen LogP contribution in [0.2, 0.25) is 0 Å². The summed E-state index contributed by atoms with van der Waals surface area (Å²) in [6.45, 7) is -0.519. The van der Waals surface area contributed by atoms with Crippen molar-refractivity contribution in [2.75, 3.05) is 11.9 Å². The van der Waals surface area contributed by atoms with Crippen LogP contribution in [0, 0.1) is 10.1 Å². The van der Waals surface area contributed by atoms with E-state index in [0.717, 1.165) is 16.5 Å². The van der Waals surface area contributed by atoms with Crippen LogP contribution in [-0.2, 0) is 11.2 Å². The summed E-state index contributed by atoms with van der Waals surface area (Å²) in [6.07, 6.45) is 1.67. The third-order valence-electron chi connectivity index (χ3n) is 5.03. The van der Waals surface area contributed by atoms with Gasteiger partial charge in [0.2, 0.25) is 5.91 Å². The van der Waals surface area contributed by atoms with Gasteiger partial charge in [-0.25, -0.2) is 0 Å². The predicted octanol–water partition coefficient (Wildman–Crippen LogP) is 2.35. The van der Waals surface area contributed by atoms with E-state index in [9.17, 15) is 29.3 Å². The fourth-order valence-corrected chi connectivity index (χ4v) is 3.59. The molecule has 0 unspecified atom stereocenters. The van der Waals surface area contributed by atoms with Crippen molar-refractivity contribution in [1.29, 1.82) is 0 Å². The van der Waals surface area contributed by atoms with Gasteiger partial charge < -0.3 is 5.32 Å². The Bertz CT molecular complexity index is 1110. The number of imide groups is 1. The molecule has 2 aliphatic rings. The quantitative estimate of drug-likeness (QED) is 0.368. The molecular weight excluding hydrogens is 378 g/mol. The normalized spacial score (nSPS) is 15.4. The zero-order valence-electron chi connectivity index (χ0n) is 15.1. The smallest absolute Gasteiger partial charge is 0.282 e. The lowest BCUT2D eigenvalue weighted by Crippen LogP contribution is -2.35. The first kappa shape index (κ1) is 18.5. The van der Waals surface area contributed by atoms with E-state index in [2.05, 4.69) is 5.32 Å². The van der Waals surface area contributed by atoms with Crippen molar-refractivity contribution in [3.05, 3.63) is 68.8 Å². The molecular formula is C20H15N3O6. The number of rotatable bonds is 4. The van der Waals surface area contributed by atoms with Gasteiger partial charge in [-0.15, -0.1) is 0 Å². The summed E-state index contributed by atoms with van der Waals surface area (Å²) in [5.41, 5.74) is 0.907. The second-order valence-corrected chi connectivity index (χ2v) is 6.85. The van der Waals surface area contributed by atoms with E-state index in [1.807, 2.05) is 0 Å². The molecule has 29 heavy (non-hydrogen) atoms. The predicted molar refractivity (Wildman–Crippen MR) is 101 cm³/mol. The monoisotopic (exact) mass is 393 g/mol. The number of hydrogen-bond acceptors (Lipinski definition) is 6. The molecule has 146 valence electrons. The second-order valence-electron chi connectivity index (χ2n) is 6.85. The van der Waals surface area contributed by atoms with Crippen LogP contribution >= 0.6 is 0 Å². The molecule has 2 aromatic carbocycles. The van der Waals surface area contributed by atoms with Crippen LogP contribution in [-0.4, -0.2) is 39.9 Å². The van der Waals surface area contributed by atoms with E-state index < -0.39 is 34.8 Å². The van der Waals surface area contributed by atoms with Crippen LogP contribution in [0.15, 0.2) is 36.4 Å². The molecule has 2 aromatic rings. The molecule has 0 fully saturated rings. The molecule has 0 aliphatic carbocycles. The summed E-state index contributed by atoms with van der Waals surface area (Å²) >= 11 is 0. The number of anilines is 1. The standard InChI is InChI=1S/C20H15N3O6/c24-16(12-7-8-14-11(9-12)3-1-6-17(25)21-14)10-22-19(26)13-4-2-5-15(23(28)29)18(13)20(22)27/h2,4-5,7-9H,1,3,6,10H2,(H,21,25). The molecule has 2 aliphatic heterocycles. The molecule has 4 rings (SSSR count). The van der Waals surface area contributed by atoms with Crippen LogP contribution in [0.4, 0.5) is 11.4 Å². The fourth-order valence-electron chi connectivity index (χ4n) is 3.59. The Morgan fingerprint density at radius 1 is 1.10 bits per heavy atom. The van der Waals surface area contributed by atoms with Gasteiger partial charge in [0.15, 0.2) is 5.78 Å². The van der Waals surface area contributed by atoms with Crippen LogP contribution in [0.25, 0.3) is 0 Å². The maximum absolute atomic E-state index is 12.7. The van der Waals surface area contributed by atoms with E-state index in [-0.39, 0.29) is 17.0 Å². The number of carbonyl (C=O) groups excluding carboxylic acids is 4. The summed E-state index contributed by atoms with van der Waals surface area (Å²) < 4.78 is 0. The zero-order chi connectivity index (χ0) is 20.7. The van der Waals surface area contributed by atoms with Crippen LogP contribution in [0.3, 0.4) is 0 Å². The number of aryl methyl sites for hydroxylation is 1. The minimum Gasteiger partial charge on any atom is -0.326 e. The Balaban J connectivity index is 1.60. The van der Waals surface area contributed by atoms with Gasteiger partial charge in [0.1, 0.15) is 5.56 Å². The van der Waals surface area contributed by atoms with Crippen molar-refractivity contribution < 1.29 is 24.1 Å². The van der Waals surface area contributed by atoms with Gasteiger partial charge >= 0.3 is 0 Å². The Kier molecular flexibility index (Phi) is 4.42. The number of hydrogen-bond donors (Lipinski definition) is 1. The molecule has 0 radical (unpaired) electrons. The first-order valence-corrected chi connectivity index (χ1v) is 8.96. The highest BCUT2D eigenvalue weighted by Crippen LogP contribution is 2.31. The van der Waals surface area contributed by atoms with E-state index in [1.54, 1.807) is 12.1 Å². The van der Waals surface area contributed by atoms with Crippen LogP contribution in [0.1, 0.15) is 49.5 Å². The lowest BCUT2D eigenvalue weighted by atomic mass is 10.0. The number of amides is 3. The highest BCUT2D eigenvalue weighted by molar-refractivity contribution is 6.24. The topological polar surface area (TPSA) is 127 Å². The molecule has 1 N–H and O–H groups in total. The third kappa shape index (κ3) is 3.16. The number of carbonyl (C=O) groups is 4. The molecule has 0 bridgehead atoms.